The third-order valence-electron chi connectivity index (χ3n) is 3.85. The molecule has 0 aliphatic heterocycles. The Labute approximate surface area is 132 Å². The van der Waals surface area contributed by atoms with Crippen molar-refractivity contribution in [1.29, 1.82) is 0 Å². The lowest BCUT2D eigenvalue weighted by atomic mass is 10.1. The molecule has 0 fully saturated rings. The smallest absolute Gasteiger partial charge is 0.120 e. The lowest BCUT2D eigenvalue weighted by Gasteiger charge is -2.23. The first-order valence-corrected chi connectivity index (χ1v) is 7.78. The van der Waals surface area contributed by atoms with Crippen molar-refractivity contribution in [2.45, 2.75) is 6.92 Å². The van der Waals surface area contributed by atoms with E-state index in [1.807, 2.05) is 12.1 Å². The van der Waals surface area contributed by atoms with E-state index in [4.69, 9.17) is 4.74 Å². The van der Waals surface area contributed by atoms with Crippen LogP contribution in [0.5, 0.6) is 5.75 Å². The van der Waals surface area contributed by atoms with Gasteiger partial charge in [0.05, 0.1) is 6.54 Å². The summed E-state index contributed by atoms with van der Waals surface area (Å²) in [6.07, 6.45) is 0. The average molecular weight is 291 g/mol. The van der Waals surface area contributed by atoms with Gasteiger partial charge in [-0.1, -0.05) is 48.5 Å². The molecule has 0 saturated carbocycles. The van der Waals surface area contributed by atoms with Crippen molar-refractivity contribution < 1.29 is 4.74 Å². The van der Waals surface area contributed by atoms with Crippen LogP contribution in [0.4, 0.5) is 5.69 Å². The molecule has 0 bridgehead atoms. The quantitative estimate of drug-likeness (QED) is 0.650. The molecular formula is C20H21NO. The predicted octanol–water partition coefficient (Wildman–Crippen LogP) is 4.75. The summed E-state index contributed by atoms with van der Waals surface area (Å²) < 4.78 is 5.93. The molecule has 3 aromatic rings. The molecule has 0 heterocycles. The minimum atomic E-state index is 0.682. The summed E-state index contributed by atoms with van der Waals surface area (Å²) in [5.41, 5.74) is 1.24. The third-order valence-corrected chi connectivity index (χ3v) is 3.85. The molecule has 22 heavy (non-hydrogen) atoms. The highest BCUT2D eigenvalue weighted by Gasteiger charge is 2.04. The van der Waals surface area contributed by atoms with Crippen molar-refractivity contribution in [2.75, 3.05) is 24.6 Å². The topological polar surface area (TPSA) is 12.5 Å². The standard InChI is InChI=1S/C20H21NO/c1-2-21(19-10-4-3-5-11-19)14-15-22-20-13-12-17-8-6-7-9-18(17)16-20/h3-13,16H,2,14-15H2,1H3. The Morgan fingerprint density at radius 2 is 1.55 bits per heavy atom. The van der Waals surface area contributed by atoms with Gasteiger partial charge < -0.3 is 9.64 Å². The molecule has 0 atom stereocenters. The van der Waals surface area contributed by atoms with Crippen molar-refractivity contribution in [3.8, 4) is 5.75 Å². The summed E-state index contributed by atoms with van der Waals surface area (Å²) in [7, 11) is 0. The van der Waals surface area contributed by atoms with Gasteiger partial charge in [0.1, 0.15) is 12.4 Å². The van der Waals surface area contributed by atoms with Crippen LogP contribution in [0.1, 0.15) is 6.92 Å². The van der Waals surface area contributed by atoms with Crippen molar-refractivity contribution >= 4 is 16.5 Å². The Kier molecular flexibility index (Phi) is 4.59. The number of hydrogen-bond acceptors (Lipinski definition) is 2. The SMILES string of the molecule is CCN(CCOc1ccc2ccccc2c1)c1ccccc1. The first kappa shape index (κ1) is 14.5. The van der Waals surface area contributed by atoms with Crippen LogP contribution < -0.4 is 9.64 Å². The summed E-state index contributed by atoms with van der Waals surface area (Å²) in [5, 5.41) is 2.46. The van der Waals surface area contributed by atoms with Crippen LogP contribution in [0.2, 0.25) is 0 Å². The van der Waals surface area contributed by atoms with Gasteiger partial charge in [-0.3, -0.25) is 0 Å². The second-order valence-electron chi connectivity index (χ2n) is 5.27. The van der Waals surface area contributed by atoms with Crippen molar-refractivity contribution in [3.63, 3.8) is 0 Å². The number of rotatable bonds is 6. The maximum absolute atomic E-state index is 5.93. The van der Waals surface area contributed by atoms with Gasteiger partial charge in [0, 0.05) is 12.2 Å². The second kappa shape index (κ2) is 6.99. The number of likely N-dealkylation sites (N-methyl/N-ethyl adjacent to an activating group) is 1. The summed E-state index contributed by atoms with van der Waals surface area (Å²) in [4.78, 5) is 2.32. The lowest BCUT2D eigenvalue weighted by Crippen LogP contribution is -2.27. The minimum Gasteiger partial charge on any atom is -0.492 e. The Balaban J connectivity index is 1.61. The molecule has 0 unspecified atom stereocenters. The van der Waals surface area contributed by atoms with E-state index in [0.717, 1.165) is 18.8 Å². The zero-order valence-corrected chi connectivity index (χ0v) is 12.9. The molecule has 0 saturated heterocycles. The van der Waals surface area contributed by atoms with E-state index in [1.165, 1.54) is 16.5 Å². The van der Waals surface area contributed by atoms with Crippen LogP contribution in [-0.2, 0) is 0 Å². The molecule has 2 nitrogen and oxygen atoms in total. The number of ether oxygens (including phenoxy) is 1. The highest BCUT2D eigenvalue weighted by Crippen LogP contribution is 2.20. The average Bonchev–Trinajstić information content (AvgIpc) is 2.59. The lowest BCUT2D eigenvalue weighted by molar-refractivity contribution is 0.324. The van der Waals surface area contributed by atoms with Crippen molar-refractivity contribution in [2.24, 2.45) is 0 Å². The van der Waals surface area contributed by atoms with Gasteiger partial charge in [0.15, 0.2) is 0 Å². The summed E-state index contributed by atoms with van der Waals surface area (Å²) >= 11 is 0. The normalized spacial score (nSPS) is 10.6. The predicted molar refractivity (Wildman–Crippen MR) is 93.8 cm³/mol. The number of nitrogens with zero attached hydrogens (tertiary/aromatic N) is 1. The largest absolute Gasteiger partial charge is 0.492 e. The minimum absolute atomic E-state index is 0.682. The van der Waals surface area contributed by atoms with Crippen molar-refractivity contribution in [1.82, 2.24) is 0 Å². The molecule has 3 aromatic carbocycles. The molecule has 0 amide bonds. The van der Waals surface area contributed by atoms with Gasteiger partial charge in [0.25, 0.3) is 0 Å². The van der Waals surface area contributed by atoms with Gasteiger partial charge in [-0.15, -0.1) is 0 Å². The highest BCUT2D eigenvalue weighted by atomic mass is 16.5. The van der Waals surface area contributed by atoms with Gasteiger partial charge in [-0.2, -0.15) is 0 Å². The third kappa shape index (κ3) is 3.40. The van der Waals surface area contributed by atoms with Crippen LogP contribution in [0, 0.1) is 0 Å². The van der Waals surface area contributed by atoms with Gasteiger partial charge in [-0.25, -0.2) is 0 Å². The Morgan fingerprint density at radius 1 is 0.818 bits per heavy atom. The molecule has 112 valence electrons. The first-order chi connectivity index (χ1) is 10.9. The molecule has 0 spiro atoms. The number of hydrogen-bond donors (Lipinski definition) is 0. The fourth-order valence-corrected chi connectivity index (χ4v) is 2.64. The highest BCUT2D eigenvalue weighted by molar-refractivity contribution is 5.83. The monoisotopic (exact) mass is 291 g/mol. The molecule has 0 aliphatic rings. The first-order valence-electron chi connectivity index (χ1n) is 7.78. The maximum Gasteiger partial charge on any atom is 0.120 e. The molecule has 2 heteroatoms. The summed E-state index contributed by atoms with van der Waals surface area (Å²) in [5.74, 6) is 0.933. The van der Waals surface area contributed by atoms with Gasteiger partial charge in [-0.05, 0) is 42.0 Å². The molecule has 0 radical (unpaired) electrons. The fourth-order valence-electron chi connectivity index (χ4n) is 2.64. The van der Waals surface area contributed by atoms with Gasteiger partial charge in [0.2, 0.25) is 0 Å². The van der Waals surface area contributed by atoms with Gasteiger partial charge >= 0.3 is 0 Å². The zero-order chi connectivity index (χ0) is 15.2. The molecule has 0 aromatic heterocycles. The summed E-state index contributed by atoms with van der Waals surface area (Å²) in [6, 6.07) is 25.1. The summed E-state index contributed by atoms with van der Waals surface area (Å²) in [6.45, 7) is 4.71. The van der Waals surface area contributed by atoms with Crippen molar-refractivity contribution in [3.05, 3.63) is 72.8 Å². The van der Waals surface area contributed by atoms with E-state index >= 15 is 0 Å². The number of fused-ring (bicyclic) bond motifs is 1. The Hall–Kier alpha value is -2.48. The number of anilines is 1. The Morgan fingerprint density at radius 3 is 2.32 bits per heavy atom. The Bertz CT molecular complexity index is 724. The fraction of sp³-hybridized carbons (Fsp3) is 0.200. The molecule has 0 N–H and O–H groups in total. The van der Waals surface area contributed by atoms with Crippen LogP contribution in [-0.4, -0.2) is 19.7 Å². The zero-order valence-electron chi connectivity index (χ0n) is 12.9. The van der Waals surface area contributed by atoms with Crippen LogP contribution in [0.3, 0.4) is 0 Å². The van der Waals surface area contributed by atoms with E-state index in [2.05, 4.69) is 72.5 Å². The van der Waals surface area contributed by atoms with Crippen LogP contribution in [0.25, 0.3) is 10.8 Å². The van der Waals surface area contributed by atoms with E-state index in [0.29, 0.717) is 6.61 Å². The van der Waals surface area contributed by atoms with E-state index < -0.39 is 0 Å². The van der Waals surface area contributed by atoms with Crippen LogP contribution in [0.15, 0.2) is 72.8 Å². The molecule has 0 aliphatic carbocycles. The van der Waals surface area contributed by atoms with E-state index in [1.54, 1.807) is 0 Å². The maximum atomic E-state index is 5.93. The molecular weight excluding hydrogens is 270 g/mol. The van der Waals surface area contributed by atoms with E-state index in [-0.39, 0.29) is 0 Å². The molecule has 3 rings (SSSR count). The number of para-hydroxylation sites is 1. The van der Waals surface area contributed by atoms with Crippen LogP contribution >= 0.6 is 0 Å². The number of benzene rings is 3. The second-order valence-corrected chi connectivity index (χ2v) is 5.27. The van der Waals surface area contributed by atoms with E-state index in [9.17, 15) is 0 Å².